The van der Waals surface area contributed by atoms with Gasteiger partial charge in [-0.15, -0.1) is 0 Å². The third-order valence-electron chi connectivity index (χ3n) is 3.67. The van der Waals surface area contributed by atoms with Crippen molar-refractivity contribution in [2.75, 3.05) is 12.4 Å². The predicted octanol–water partition coefficient (Wildman–Crippen LogP) is 3.23. The van der Waals surface area contributed by atoms with Crippen LogP contribution in [-0.4, -0.2) is 27.7 Å². The van der Waals surface area contributed by atoms with Crippen LogP contribution in [0.15, 0.2) is 54.7 Å². The number of nitro benzene ring substituents is 1. The van der Waals surface area contributed by atoms with E-state index in [4.69, 9.17) is 9.47 Å². The van der Waals surface area contributed by atoms with Crippen LogP contribution in [0, 0.1) is 15.9 Å². The fourth-order valence-corrected chi connectivity index (χ4v) is 2.34. The van der Waals surface area contributed by atoms with Gasteiger partial charge in [-0.2, -0.15) is 5.10 Å². The highest BCUT2D eigenvalue weighted by atomic mass is 19.1. The number of halogens is 1. The van der Waals surface area contributed by atoms with E-state index in [2.05, 4.69) is 10.4 Å². The lowest BCUT2D eigenvalue weighted by atomic mass is 10.3. The van der Waals surface area contributed by atoms with Crippen LogP contribution >= 0.6 is 0 Å². The number of benzene rings is 2. The number of carbonyl (C=O) groups is 1. The topological polar surface area (TPSA) is 109 Å². The molecule has 0 aliphatic carbocycles. The lowest BCUT2D eigenvalue weighted by molar-refractivity contribution is -0.386. The smallest absolute Gasteiger partial charge is 0.311 e. The molecule has 0 radical (unpaired) electrons. The lowest BCUT2D eigenvalue weighted by Crippen LogP contribution is -2.14. The predicted molar refractivity (Wildman–Crippen MR) is 96.9 cm³/mol. The van der Waals surface area contributed by atoms with E-state index >= 15 is 0 Å². The summed E-state index contributed by atoms with van der Waals surface area (Å²) < 4.78 is 24.9. The number of aromatic nitrogens is 2. The number of rotatable bonds is 7. The summed E-state index contributed by atoms with van der Waals surface area (Å²) in [6, 6.07) is 11.2. The van der Waals surface area contributed by atoms with E-state index in [1.54, 1.807) is 24.3 Å². The Hall–Kier alpha value is -3.95. The average molecular weight is 386 g/mol. The summed E-state index contributed by atoms with van der Waals surface area (Å²) in [7, 11) is 1.52. The van der Waals surface area contributed by atoms with Crippen LogP contribution in [0.5, 0.6) is 11.5 Å². The number of carbonyl (C=O) groups excluding carboxylic acids is 1. The minimum atomic E-state index is -0.676. The molecule has 0 fully saturated rings. The minimum Gasteiger partial charge on any atom is -0.497 e. The van der Waals surface area contributed by atoms with Crippen molar-refractivity contribution in [2.24, 2.45) is 0 Å². The maximum atomic E-state index is 13.3. The van der Waals surface area contributed by atoms with Gasteiger partial charge in [-0.05, 0) is 24.3 Å². The van der Waals surface area contributed by atoms with Crippen LogP contribution in [0.1, 0.15) is 10.5 Å². The van der Waals surface area contributed by atoms with E-state index in [1.165, 1.54) is 24.1 Å². The summed E-state index contributed by atoms with van der Waals surface area (Å²) in [4.78, 5) is 22.6. The molecule has 3 aromatic rings. The molecule has 9 nitrogen and oxygen atoms in total. The molecule has 1 N–H and O–H groups in total. The fraction of sp³-hybridized carbons (Fsp3) is 0.111. The van der Waals surface area contributed by atoms with Gasteiger partial charge in [0.25, 0.3) is 5.91 Å². The minimum absolute atomic E-state index is 0.111. The third kappa shape index (κ3) is 4.41. The number of nitrogens with one attached hydrogen (secondary N) is 1. The number of amides is 1. The molecule has 0 saturated carbocycles. The Morgan fingerprint density at radius 2 is 2.11 bits per heavy atom. The molecule has 2 aromatic carbocycles. The van der Waals surface area contributed by atoms with Gasteiger partial charge in [0.15, 0.2) is 12.4 Å². The van der Waals surface area contributed by atoms with Crippen molar-refractivity contribution >= 4 is 17.3 Å². The molecule has 1 amide bonds. The summed E-state index contributed by atoms with van der Waals surface area (Å²) in [6.45, 7) is -0.239. The van der Waals surface area contributed by atoms with Crippen LogP contribution in [0.3, 0.4) is 0 Å². The lowest BCUT2D eigenvalue weighted by Gasteiger charge is -2.07. The second-order valence-corrected chi connectivity index (χ2v) is 5.57. The fourth-order valence-electron chi connectivity index (χ4n) is 2.34. The Labute approximate surface area is 158 Å². The number of ether oxygens (including phenoxy) is 2. The number of nitrogens with zero attached hydrogens (tertiary/aromatic N) is 3. The van der Waals surface area contributed by atoms with Gasteiger partial charge in [-0.3, -0.25) is 14.9 Å². The van der Waals surface area contributed by atoms with Gasteiger partial charge < -0.3 is 14.8 Å². The monoisotopic (exact) mass is 386 g/mol. The zero-order valence-electron chi connectivity index (χ0n) is 14.7. The molecule has 0 spiro atoms. The molecule has 1 heterocycles. The van der Waals surface area contributed by atoms with Crippen LogP contribution in [0.2, 0.25) is 0 Å². The maximum absolute atomic E-state index is 13.3. The SMILES string of the molecule is COc1cccc(NC(=O)c2ccn(COc3cc(F)ccc3[N+](=O)[O-])n2)c1. The molecule has 0 aliphatic rings. The zero-order valence-corrected chi connectivity index (χ0v) is 14.7. The quantitative estimate of drug-likeness (QED) is 0.493. The van der Waals surface area contributed by atoms with Gasteiger partial charge in [0.1, 0.15) is 11.6 Å². The van der Waals surface area contributed by atoms with Gasteiger partial charge in [0.05, 0.1) is 12.0 Å². The van der Waals surface area contributed by atoms with Crippen LogP contribution in [-0.2, 0) is 6.73 Å². The maximum Gasteiger partial charge on any atom is 0.311 e. The molecule has 0 aliphatic heterocycles. The average Bonchev–Trinajstić information content (AvgIpc) is 3.15. The highest BCUT2D eigenvalue weighted by Gasteiger charge is 2.16. The summed E-state index contributed by atoms with van der Waals surface area (Å²) in [5.41, 5.74) is 0.273. The molecule has 28 heavy (non-hydrogen) atoms. The van der Waals surface area contributed by atoms with Gasteiger partial charge >= 0.3 is 5.69 Å². The van der Waals surface area contributed by atoms with Crippen molar-refractivity contribution in [3.8, 4) is 11.5 Å². The summed E-state index contributed by atoms with van der Waals surface area (Å²) in [5.74, 6) is -0.764. The molecular formula is C18H15FN4O5. The Kier molecular flexibility index (Phi) is 5.49. The van der Waals surface area contributed by atoms with Crippen LogP contribution in [0.25, 0.3) is 0 Å². The molecule has 0 unspecified atom stereocenters. The van der Waals surface area contributed by atoms with Gasteiger partial charge in [0, 0.05) is 30.1 Å². The molecule has 0 atom stereocenters. The standard InChI is InChI=1S/C18H15FN4O5/c1-27-14-4-2-3-13(10-14)20-18(24)15-7-8-22(21-15)11-28-17-9-12(19)5-6-16(17)23(25)26/h2-10H,11H2,1H3,(H,20,24). The van der Waals surface area contributed by atoms with Gasteiger partial charge in [0.2, 0.25) is 5.75 Å². The molecular weight excluding hydrogens is 371 g/mol. The Morgan fingerprint density at radius 1 is 1.29 bits per heavy atom. The molecule has 144 valence electrons. The van der Waals surface area contributed by atoms with Crippen LogP contribution < -0.4 is 14.8 Å². The first-order valence-electron chi connectivity index (χ1n) is 8.02. The molecule has 0 saturated heterocycles. The molecule has 10 heteroatoms. The van der Waals surface area contributed by atoms with Crippen molar-refractivity contribution in [2.45, 2.75) is 6.73 Å². The number of nitro groups is 1. The second-order valence-electron chi connectivity index (χ2n) is 5.57. The summed E-state index contributed by atoms with van der Waals surface area (Å²) >= 11 is 0. The van der Waals surface area contributed by atoms with Crippen molar-refractivity contribution in [3.05, 3.63) is 76.4 Å². The summed E-state index contributed by atoms with van der Waals surface area (Å²) in [6.07, 6.45) is 1.46. The number of hydrogen-bond acceptors (Lipinski definition) is 6. The van der Waals surface area contributed by atoms with Gasteiger partial charge in [-0.25, -0.2) is 9.07 Å². The van der Waals surface area contributed by atoms with Crippen LogP contribution in [0.4, 0.5) is 15.8 Å². The summed E-state index contributed by atoms with van der Waals surface area (Å²) in [5, 5.41) is 17.7. The molecule has 0 bridgehead atoms. The van der Waals surface area contributed by atoms with Crippen molar-refractivity contribution in [1.82, 2.24) is 9.78 Å². The van der Waals surface area contributed by atoms with Gasteiger partial charge in [-0.1, -0.05) is 6.07 Å². The van der Waals surface area contributed by atoms with Crippen molar-refractivity contribution < 1.29 is 23.6 Å². The first kappa shape index (κ1) is 18.8. The third-order valence-corrected chi connectivity index (χ3v) is 3.67. The van der Waals surface area contributed by atoms with E-state index in [9.17, 15) is 19.3 Å². The Bertz CT molecular complexity index is 1020. The highest BCUT2D eigenvalue weighted by Crippen LogP contribution is 2.27. The first-order valence-corrected chi connectivity index (χ1v) is 8.02. The van der Waals surface area contributed by atoms with Crippen molar-refractivity contribution in [1.29, 1.82) is 0 Å². The first-order chi connectivity index (χ1) is 13.5. The number of hydrogen-bond donors (Lipinski definition) is 1. The molecule has 1 aromatic heterocycles. The number of anilines is 1. The normalized spacial score (nSPS) is 10.4. The van der Waals surface area contributed by atoms with Crippen molar-refractivity contribution in [3.63, 3.8) is 0 Å². The molecule has 3 rings (SSSR count). The Balaban J connectivity index is 1.66. The highest BCUT2D eigenvalue weighted by molar-refractivity contribution is 6.02. The van der Waals surface area contributed by atoms with E-state index in [0.717, 1.165) is 18.2 Å². The van der Waals surface area contributed by atoms with E-state index in [1.807, 2.05) is 0 Å². The van der Waals surface area contributed by atoms with E-state index < -0.39 is 16.6 Å². The second kappa shape index (κ2) is 8.16. The zero-order chi connectivity index (χ0) is 20.1. The number of methoxy groups -OCH3 is 1. The largest absolute Gasteiger partial charge is 0.497 e. The van der Waals surface area contributed by atoms with E-state index in [0.29, 0.717) is 11.4 Å². The van der Waals surface area contributed by atoms with E-state index in [-0.39, 0.29) is 23.9 Å². The Morgan fingerprint density at radius 3 is 2.86 bits per heavy atom.